The van der Waals surface area contributed by atoms with E-state index < -0.39 is 18.1 Å². The zero-order valence-electron chi connectivity index (χ0n) is 27.9. The molecule has 0 aromatic carbocycles. The maximum atomic E-state index is 12.5. The molecule has 8 heteroatoms. The Morgan fingerprint density at radius 2 is 1.05 bits per heavy atom. The largest absolute Gasteiger partial charge is 0.544 e. The van der Waals surface area contributed by atoms with Gasteiger partial charge in [-0.3, -0.25) is 9.59 Å². The SMILES string of the molecule is CCCCCCCCCCCCCCC(=O)OC(COCCC(C(=O)[O-])[N+](C)(C)C)COC(=O)CCCCCCCC. The number of esters is 2. The van der Waals surface area contributed by atoms with Crippen LogP contribution in [-0.4, -0.2) is 75.5 Å². The van der Waals surface area contributed by atoms with Crippen LogP contribution in [-0.2, 0) is 28.6 Å². The van der Waals surface area contributed by atoms with Crippen LogP contribution in [0.4, 0.5) is 0 Å². The number of nitrogens with zero attached hydrogens (tertiary/aromatic N) is 1. The van der Waals surface area contributed by atoms with Crippen LogP contribution in [0.5, 0.6) is 0 Å². The summed E-state index contributed by atoms with van der Waals surface area (Å²) in [7, 11) is 5.39. The van der Waals surface area contributed by atoms with E-state index in [9.17, 15) is 19.5 Å². The molecule has 0 aliphatic carbocycles. The number of quaternary nitrogens is 1. The van der Waals surface area contributed by atoms with E-state index in [4.69, 9.17) is 14.2 Å². The lowest BCUT2D eigenvalue weighted by atomic mass is 10.0. The molecule has 0 rings (SSSR count). The second-order valence-electron chi connectivity index (χ2n) is 12.8. The third-order valence-corrected chi connectivity index (χ3v) is 7.74. The minimum Gasteiger partial charge on any atom is -0.544 e. The van der Waals surface area contributed by atoms with Gasteiger partial charge in [-0.1, -0.05) is 117 Å². The lowest BCUT2D eigenvalue weighted by Crippen LogP contribution is -2.55. The summed E-state index contributed by atoms with van der Waals surface area (Å²) in [5, 5.41) is 11.5. The third-order valence-electron chi connectivity index (χ3n) is 7.74. The molecule has 8 nitrogen and oxygen atoms in total. The monoisotopic (exact) mass is 599 g/mol. The molecule has 0 amide bonds. The highest BCUT2D eigenvalue weighted by Gasteiger charge is 2.25. The predicted octanol–water partition coefficient (Wildman–Crippen LogP) is 6.51. The number of carbonyl (C=O) groups excluding carboxylic acids is 3. The van der Waals surface area contributed by atoms with Gasteiger partial charge in [0.15, 0.2) is 6.10 Å². The van der Waals surface area contributed by atoms with E-state index in [2.05, 4.69) is 13.8 Å². The van der Waals surface area contributed by atoms with E-state index in [0.29, 0.717) is 12.8 Å². The first kappa shape index (κ1) is 40.3. The predicted molar refractivity (Wildman–Crippen MR) is 167 cm³/mol. The van der Waals surface area contributed by atoms with Gasteiger partial charge < -0.3 is 28.6 Å². The molecule has 0 radical (unpaired) electrons. The second-order valence-corrected chi connectivity index (χ2v) is 12.8. The van der Waals surface area contributed by atoms with Crippen LogP contribution in [0.3, 0.4) is 0 Å². The number of hydrogen-bond acceptors (Lipinski definition) is 7. The van der Waals surface area contributed by atoms with E-state index >= 15 is 0 Å². The summed E-state index contributed by atoms with van der Waals surface area (Å²) in [4.78, 5) is 36.3. The Balaban J connectivity index is 4.42. The van der Waals surface area contributed by atoms with E-state index in [0.717, 1.165) is 38.5 Å². The average molecular weight is 600 g/mol. The average Bonchev–Trinajstić information content (AvgIpc) is 2.92. The van der Waals surface area contributed by atoms with Crippen LogP contribution < -0.4 is 5.11 Å². The van der Waals surface area contributed by atoms with Crippen LogP contribution in [0, 0.1) is 0 Å². The van der Waals surface area contributed by atoms with Gasteiger partial charge in [-0.2, -0.15) is 0 Å². The maximum Gasteiger partial charge on any atom is 0.306 e. The number of rotatable bonds is 30. The van der Waals surface area contributed by atoms with E-state index in [1.54, 1.807) is 21.1 Å². The number of unbranched alkanes of at least 4 members (excludes halogenated alkanes) is 16. The summed E-state index contributed by atoms with van der Waals surface area (Å²) in [5.41, 5.74) is 0. The van der Waals surface area contributed by atoms with Crippen molar-refractivity contribution in [3.05, 3.63) is 0 Å². The van der Waals surface area contributed by atoms with Crippen molar-refractivity contribution in [2.45, 2.75) is 161 Å². The molecule has 0 spiro atoms. The molecular weight excluding hydrogens is 534 g/mol. The van der Waals surface area contributed by atoms with Gasteiger partial charge in [0.1, 0.15) is 12.6 Å². The summed E-state index contributed by atoms with van der Waals surface area (Å²) < 4.78 is 16.9. The zero-order chi connectivity index (χ0) is 31.5. The maximum absolute atomic E-state index is 12.5. The highest BCUT2D eigenvalue weighted by molar-refractivity contribution is 5.70. The standard InChI is InChI=1S/C34H65NO7/c1-6-8-10-12-14-15-16-17-18-19-21-23-25-33(37)42-30(28-40-27-26-31(34(38)39)35(3,4)5)29-41-32(36)24-22-20-13-11-9-7-2/h30-31H,6-29H2,1-5H3. The van der Waals surface area contributed by atoms with Gasteiger partial charge in [0.25, 0.3) is 0 Å². The highest BCUT2D eigenvalue weighted by Crippen LogP contribution is 2.14. The summed E-state index contributed by atoms with van der Waals surface area (Å²) >= 11 is 0. The van der Waals surface area contributed by atoms with Crippen LogP contribution in [0.25, 0.3) is 0 Å². The van der Waals surface area contributed by atoms with Crippen molar-refractivity contribution in [2.24, 2.45) is 0 Å². The van der Waals surface area contributed by atoms with Crippen molar-refractivity contribution < 1.29 is 38.2 Å². The first-order valence-electron chi connectivity index (χ1n) is 17.1. The normalized spacial score (nSPS) is 13.1. The minimum atomic E-state index is -1.12. The van der Waals surface area contributed by atoms with Crippen molar-refractivity contribution in [2.75, 3.05) is 41.0 Å². The molecule has 0 saturated heterocycles. The smallest absolute Gasteiger partial charge is 0.306 e. The fraction of sp³-hybridized carbons (Fsp3) is 0.912. The summed E-state index contributed by atoms with van der Waals surface area (Å²) in [6, 6.07) is -0.716. The number of hydrogen-bond donors (Lipinski definition) is 0. The van der Waals surface area contributed by atoms with E-state index in [1.807, 2.05) is 0 Å². The molecular formula is C34H65NO7. The molecule has 0 fully saturated rings. The van der Waals surface area contributed by atoms with Crippen LogP contribution in [0.1, 0.15) is 149 Å². The number of carboxylic acid groups (broad SMARTS) is 1. The highest BCUT2D eigenvalue weighted by atomic mass is 16.6. The summed E-state index contributed by atoms with van der Waals surface area (Å²) in [5.74, 6) is -1.74. The molecule has 248 valence electrons. The fourth-order valence-corrected chi connectivity index (χ4v) is 5.01. The van der Waals surface area contributed by atoms with Crippen molar-refractivity contribution in [1.82, 2.24) is 0 Å². The van der Waals surface area contributed by atoms with Gasteiger partial charge in [-0.15, -0.1) is 0 Å². The lowest BCUT2D eigenvalue weighted by Gasteiger charge is -2.34. The Kier molecular flexibility index (Phi) is 25.8. The van der Waals surface area contributed by atoms with Crippen molar-refractivity contribution >= 4 is 17.9 Å². The molecule has 0 saturated carbocycles. The number of aliphatic carboxylic acids is 1. The molecule has 0 aromatic heterocycles. The second kappa shape index (κ2) is 26.9. The number of carbonyl (C=O) groups is 3. The topological polar surface area (TPSA) is 102 Å². The van der Waals surface area contributed by atoms with Gasteiger partial charge in [-0.05, 0) is 12.8 Å². The van der Waals surface area contributed by atoms with Crippen molar-refractivity contribution in [3.8, 4) is 0 Å². The van der Waals surface area contributed by atoms with Gasteiger partial charge in [0.05, 0.1) is 40.3 Å². The van der Waals surface area contributed by atoms with Crippen molar-refractivity contribution in [1.29, 1.82) is 0 Å². The molecule has 0 bridgehead atoms. The Labute approximate surface area is 257 Å². The number of likely N-dealkylation sites (N-methyl/N-ethyl adjacent to an activating group) is 1. The van der Waals surface area contributed by atoms with E-state index in [-0.39, 0.29) is 42.7 Å². The Morgan fingerprint density at radius 1 is 0.619 bits per heavy atom. The number of ether oxygens (including phenoxy) is 3. The molecule has 0 aliphatic rings. The Morgan fingerprint density at radius 3 is 1.48 bits per heavy atom. The quantitative estimate of drug-likeness (QED) is 0.0527. The van der Waals surface area contributed by atoms with Crippen LogP contribution >= 0.6 is 0 Å². The van der Waals surface area contributed by atoms with Gasteiger partial charge in [0, 0.05) is 19.3 Å². The minimum absolute atomic E-state index is 0.0470. The molecule has 42 heavy (non-hydrogen) atoms. The third kappa shape index (κ3) is 24.9. The Bertz CT molecular complexity index is 677. The van der Waals surface area contributed by atoms with Crippen LogP contribution in [0.15, 0.2) is 0 Å². The number of carboxylic acids is 1. The van der Waals surface area contributed by atoms with E-state index in [1.165, 1.54) is 77.0 Å². The van der Waals surface area contributed by atoms with Gasteiger partial charge in [-0.25, -0.2) is 0 Å². The van der Waals surface area contributed by atoms with Crippen LogP contribution in [0.2, 0.25) is 0 Å². The zero-order valence-corrected chi connectivity index (χ0v) is 27.9. The fourth-order valence-electron chi connectivity index (χ4n) is 5.01. The molecule has 0 aliphatic heterocycles. The molecule has 2 atom stereocenters. The Hall–Kier alpha value is -1.67. The molecule has 0 N–H and O–H groups in total. The first-order chi connectivity index (χ1) is 20.1. The van der Waals surface area contributed by atoms with Gasteiger partial charge >= 0.3 is 11.9 Å². The molecule has 2 unspecified atom stereocenters. The van der Waals surface area contributed by atoms with Crippen molar-refractivity contribution in [3.63, 3.8) is 0 Å². The molecule has 0 aromatic rings. The molecule has 0 heterocycles. The summed E-state index contributed by atoms with van der Waals surface area (Å²) in [6.45, 7) is 4.58. The first-order valence-corrected chi connectivity index (χ1v) is 17.1. The lowest BCUT2D eigenvalue weighted by molar-refractivity contribution is -0.889. The summed E-state index contributed by atoms with van der Waals surface area (Å²) in [6.07, 6.45) is 21.4. The van der Waals surface area contributed by atoms with Gasteiger partial charge in [0.2, 0.25) is 0 Å².